The minimum atomic E-state index is -0.134. The number of carbonyl (C=O) groups is 1. The summed E-state index contributed by atoms with van der Waals surface area (Å²) in [6, 6.07) is 4.99. The summed E-state index contributed by atoms with van der Waals surface area (Å²) in [7, 11) is 0. The highest BCUT2D eigenvalue weighted by Gasteiger charge is 2.28. The van der Waals surface area contributed by atoms with E-state index < -0.39 is 0 Å². The molecule has 1 saturated heterocycles. The van der Waals surface area contributed by atoms with Crippen molar-refractivity contribution in [3.05, 3.63) is 58.0 Å². The molecule has 3 aromatic heterocycles. The summed E-state index contributed by atoms with van der Waals surface area (Å²) in [5.74, 6) is 1.41. The van der Waals surface area contributed by atoms with E-state index in [4.69, 9.17) is 4.52 Å². The summed E-state index contributed by atoms with van der Waals surface area (Å²) < 4.78 is 8.23. The number of rotatable bonds is 4. The Morgan fingerprint density at radius 1 is 1.25 bits per heavy atom. The average molecular weight is 382 g/mol. The smallest absolute Gasteiger partial charge is 0.266 e. The lowest BCUT2D eigenvalue weighted by Crippen LogP contribution is -2.40. The van der Waals surface area contributed by atoms with Gasteiger partial charge in [-0.3, -0.25) is 9.59 Å². The second-order valence-electron chi connectivity index (χ2n) is 7.10. The molecule has 9 heteroatoms. The number of piperidine rings is 1. The van der Waals surface area contributed by atoms with Gasteiger partial charge >= 0.3 is 0 Å². The topological polar surface area (TPSA) is 99.1 Å². The molecule has 0 aromatic carbocycles. The Kier molecular flexibility index (Phi) is 4.81. The predicted octanol–water partition coefficient (Wildman–Crippen LogP) is 1.59. The van der Waals surface area contributed by atoms with Crippen molar-refractivity contribution in [2.24, 2.45) is 5.92 Å². The van der Waals surface area contributed by atoms with Crippen LogP contribution in [0.4, 0.5) is 0 Å². The molecule has 0 aliphatic carbocycles. The van der Waals surface area contributed by atoms with Crippen molar-refractivity contribution in [1.82, 2.24) is 29.6 Å². The Balaban J connectivity index is 1.42. The van der Waals surface area contributed by atoms with Gasteiger partial charge in [-0.25, -0.2) is 9.36 Å². The molecule has 0 saturated carbocycles. The quantitative estimate of drug-likeness (QED) is 0.679. The third-order valence-corrected chi connectivity index (χ3v) is 5.17. The lowest BCUT2D eigenvalue weighted by atomic mass is 9.96. The number of hydrogen-bond acceptors (Lipinski definition) is 6. The first-order chi connectivity index (χ1) is 13.5. The molecule has 1 aliphatic heterocycles. The molecule has 3 aromatic rings. The van der Waals surface area contributed by atoms with Crippen LogP contribution in [0.15, 0.2) is 39.9 Å². The number of nitrogens with zero attached hydrogens (tertiary/aromatic N) is 6. The van der Waals surface area contributed by atoms with Gasteiger partial charge in [0, 0.05) is 38.1 Å². The van der Waals surface area contributed by atoms with Gasteiger partial charge in [0.2, 0.25) is 0 Å². The van der Waals surface area contributed by atoms with Gasteiger partial charge in [-0.05, 0) is 44.7 Å². The molecular formula is C19H22N6O3. The van der Waals surface area contributed by atoms with Gasteiger partial charge < -0.3 is 9.42 Å². The summed E-state index contributed by atoms with van der Waals surface area (Å²) >= 11 is 0. The van der Waals surface area contributed by atoms with Crippen LogP contribution < -0.4 is 5.56 Å². The Bertz CT molecular complexity index is 1010. The van der Waals surface area contributed by atoms with Crippen LogP contribution in [0.3, 0.4) is 0 Å². The largest absolute Gasteiger partial charge is 0.361 e. The van der Waals surface area contributed by atoms with Crippen molar-refractivity contribution in [2.45, 2.75) is 33.2 Å². The fourth-order valence-electron chi connectivity index (χ4n) is 3.61. The lowest BCUT2D eigenvalue weighted by Gasteiger charge is -2.32. The maximum atomic E-state index is 12.7. The van der Waals surface area contributed by atoms with E-state index in [0.717, 1.165) is 12.8 Å². The lowest BCUT2D eigenvalue weighted by molar-refractivity contribution is 0.0678. The van der Waals surface area contributed by atoms with Crippen molar-refractivity contribution in [3.63, 3.8) is 0 Å². The molecular weight excluding hydrogens is 360 g/mol. The molecule has 0 atom stereocenters. The average Bonchev–Trinajstić information content (AvgIpc) is 3.34. The predicted molar refractivity (Wildman–Crippen MR) is 100 cm³/mol. The van der Waals surface area contributed by atoms with Crippen LogP contribution in [0.5, 0.6) is 0 Å². The summed E-state index contributed by atoms with van der Waals surface area (Å²) in [6.07, 6.45) is 5.09. The Hall–Kier alpha value is -3.23. The molecule has 9 nitrogen and oxygen atoms in total. The van der Waals surface area contributed by atoms with Gasteiger partial charge in [0.1, 0.15) is 11.3 Å². The van der Waals surface area contributed by atoms with Gasteiger partial charge in [-0.1, -0.05) is 5.16 Å². The van der Waals surface area contributed by atoms with Crippen LogP contribution in [0.25, 0.3) is 5.82 Å². The highest BCUT2D eigenvalue weighted by atomic mass is 16.5. The third kappa shape index (κ3) is 3.47. The molecule has 0 spiro atoms. The molecule has 4 heterocycles. The third-order valence-electron chi connectivity index (χ3n) is 5.17. The Morgan fingerprint density at radius 2 is 2.04 bits per heavy atom. The van der Waals surface area contributed by atoms with Gasteiger partial charge in [-0.15, -0.1) is 5.10 Å². The molecule has 146 valence electrons. The molecule has 0 radical (unpaired) electrons. The van der Waals surface area contributed by atoms with E-state index in [2.05, 4.69) is 15.4 Å². The van der Waals surface area contributed by atoms with Crippen LogP contribution in [0.2, 0.25) is 0 Å². The fraction of sp³-hybridized carbons (Fsp3) is 0.421. The summed E-state index contributed by atoms with van der Waals surface area (Å²) in [6.45, 7) is 5.34. The molecule has 0 bridgehead atoms. The number of carbonyl (C=O) groups excluding carboxylic acids is 1. The van der Waals surface area contributed by atoms with Crippen LogP contribution >= 0.6 is 0 Å². The van der Waals surface area contributed by atoms with E-state index in [1.807, 2.05) is 11.0 Å². The highest BCUT2D eigenvalue weighted by molar-refractivity contribution is 5.96. The number of likely N-dealkylation sites (tertiary alicyclic amines) is 1. The minimum absolute atomic E-state index is 0.0364. The fourth-order valence-corrected chi connectivity index (χ4v) is 3.61. The number of hydrogen-bond donors (Lipinski definition) is 0. The molecule has 1 fully saturated rings. The van der Waals surface area contributed by atoms with Crippen molar-refractivity contribution in [2.75, 3.05) is 13.1 Å². The van der Waals surface area contributed by atoms with E-state index >= 15 is 0 Å². The number of aromatic nitrogens is 5. The Morgan fingerprint density at radius 3 is 2.68 bits per heavy atom. The molecule has 0 N–H and O–H groups in total. The van der Waals surface area contributed by atoms with Crippen LogP contribution in [-0.4, -0.2) is 48.6 Å². The maximum Gasteiger partial charge on any atom is 0.266 e. The SMILES string of the molecule is Cc1noc(C)c1C(=O)N1CCC(Cn2nc(-n3cccn3)ccc2=O)CC1. The van der Waals surface area contributed by atoms with Crippen molar-refractivity contribution >= 4 is 5.91 Å². The zero-order chi connectivity index (χ0) is 19.7. The van der Waals surface area contributed by atoms with E-state index in [0.29, 0.717) is 42.5 Å². The van der Waals surface area contributed by atoms with Crippen molar-refractivity contribution < 1.29 is 9.32 Å². The summed E-state index contributed by atoms with van der Waals surface area (Å²) in [5.41, 5.74) is 1.05. The Labute approximate surface area is 161 Å². The van der Waals surface area contributed by atoms with Crippen LogP contribution in [0, 0.1) is 19.8 Å². The first kappa shape index (κ1) is 18.1. The standard InChI is InChI=1S/C19H22N6O3/c1-13-18(14(2)28-22-13)19(27)23-10-6-15(7-11-23)12-25-17(26)5-4-16(21-25)24-9-3-8-20-24/h3-5,8-9,15H,6-7,10-12H2,1-2H3. The maximum absolute atomic E-state index is 12.7. The first-order valence-electron chi connectivity index (χ1n) is 9.33. The molecule has 28 heavy (non-hydrogen) atoms. The molecule has 1 aliphatic rings. The first-order valence-corrected chi connectivity index (χ1v) is 9.33. The van der Waals surface area contributed by atoms with Gasteiger partial charge in [0.15, 0.2) is 5.82 Å². The van der Waals surface area contributed by atoms with Crippen molar-refractivity contribution in [1.29, 1.82) is 0 Å². The molecule has 1 amide bonds. The number of amides is 1. The summed E-state index contributed by atoms with van der Waals surface area (Å²) in [4.78, 5) is 26.8. The van der Waals surface area contributed by atoms with Crippen LogP contribution in [-0.2, 0) is 6.54 Å². The zero-order valence-corrected chi connectivity index (χ0v) is 15.9. The van der Waals surface area contributed by atoms with Gasteiger partial charge in [0.25, 0.3) is 11.5 Å². The van der Waals surface area contributed by atoms with Gasteiger partial charge in [-0.2, -0.15) is 5.10 Å². The van der Waals surface area contributed by atoms with E-state index in [1.165, 1.54) is 10.7 Å². The molecule has 0 unspecified atom stereocenters. The van der Waals surface area contributed by atoms with E-state index in [1.54, 1.807) is 37.0 Å². The van der Waals surface area contributed by atoms with Gasteiger partial charge in [0.05, 0.1) is 5.69 Å². The molecule has 4 rings (SSSR count). The highest BCUT2D eigenvalue weighted by Crippen LogP contribution is 2.22. The van der Waals surface area contributed by atoms with E-state index in [-0.39, 0.29) is 17.4 Å². The second kappa shape index (κ2) is 7.41. The van der Waals surface area contributed by atoms with Crippen LogP contribution in [0.1, 0.15) is 34.7 Å². The number of aryl methyl sites for hydroxylation is 2. The minimum Gasteiger partial charge on any atom is -0.361 e. The van der Waals surface area contributed by atoms with Crippen molar-refractivity contribution in [3.8, 4) is 5.82 Å². The summed E-state index contributed by atoms with van der Waals surface area (Å²) in [5, 5.41) is 12.5. The van der Waals surface area contributed by atoms with E-state index in [9.17, 15) is 9.59 Å². The second-order valence-corrected chi connectivity index (χ2v) is 7.10. The monoisotopic (exact) mass is 382 g/mol. The zero-order valence-electron chi connectivity index (χ0n) is 15.9. The normalized spacial score (nSPS) is 15.1.